The Labute approximate surface area is 316 Å². The fourth-order valence-corrected chi connectivity index (χ4v) is 9.01. The summed E-state index contributed by atoms with van der Waals surface area (Å²) in [5, 5.41) is 14.6. The van der Waals surface area contributed by atoms with E-state index < -0.39 is 0 Å². The van der Waals surface area contributed by atoms with Crippen molar-refractivity contribution >= 4 is 104 Å². The average Bonchev–Trinajstić information content (AvgIpc) is 3.78. The van der Waals surface area contributed by atoms with Crippen LogP contribution in [0.1, 0.15) is 0 Å². The molecule has 0 unspecified atom stereocenters. The van der Waals surface area contributed by atoms with Gasteiger partial charge >= 0.3 is 0 Å². The van der Waals surface area contributed by atoms with Crippen LogP contribution in [0.2, 0.25) is 0 Å². The van der Waals surface area contributed by atoms with Gasteiger partial charge in [0, 0.05) is 50.1 Å². The molecule has 256 valence electrons. The van der Waals surface area contributed by atoms with Crippen LogP contribution in [0.4, 0.5) is 17.1 Å². The number of rotatable bonds is 4. The van der Waals surface area contributed by atoms with E-state index in [-0.39, 0.29) is 0 Å². The van der Waals surface area contributed by atoms with Gasteiger partial charge in [0.1, 0.15) is 11.2 Å². The number of hydrogen-bond donors (Lipinski definition) is 0. The van der Waals surface area contributed by atoms with Crippen molar-refractivity contribution in [2.45, 2.75) is 0 Å². The monoisotopic (exact) mass is 700 g/mol. The highest BCUT2D eigenvalue weighted by atomic mass is 16.3. The van der Waals surface area contributed by atoms with Crippen LogP contribution in [0.15, 0.2) is 199 Å². The van der Waals surface area contributed by atoms with Gasteiger partial charge in [-0.2, -0.15) is 0 Å². The fraction of sp³-hybridized carbons (Fsp3) is 0. The van der Waals surface area contributed by atoms with E-state index >= 15 is 0 Å². The molecule has 0 atom stereocenters. The molecule has 3 heteroatoms. The molecule has 0 N–H and O–H groups in total. The molecule has 0 saturated heterocycles. The maximum atomic E-state index is 6.40. The molecule has 2 aromatic heterocycles. The highest BCUT2D eigenvalue weighted by molar-refractivity contribution is 6.20. The lowest BCUT2D eigenvalue weighted by Crippen LogP contribution is -2.10. The predicted octanol–water partition coefficient (Wildman–Crippen LogP) is 14.8. The van der Waals surface area contributed by atoms with Gasteiger partial charge < -0.3 is 13.9 Å². The molecule has 0 radical (unpaired) electrons. The van der Waals surface area contributed by atoms with E-state index in [1.165, 1.54) is 53.9 Å². The van der Waals surface area contributed by atoms with Crippen molar-refractivity contribution in [3.05, 3.63) is 194 Å². The van der Waals surface area contributed by atoms with Crippen molar-refractivity contribution in [1.82, 2.24) is 4.57 Å². The number of hydrogen-bond acceptors (Lipinski definition) is 2. The second-order valence-electron chi connectivity index (χ2n) is 14.5. The van der Waals surface area contributed by atoms with Gasteiger partial charge in [0.15, 0.2) is 0 Å². The number of aromatic nitrogens is 1. The first kappa shape index (κ1) is 30.1. The van der Waals surface area contributed by atoms with Crippen molar-refractivity contribution in [3.8, 4) is 5.69 Å². The van der Waals surface area contributed by atoms with Crippen LogP contribution >= 0.6 is 0 Å². The molecule has 0 spiro atoms. The van der Waals surface area contributed by atoms with Crippen molar-refractivity contribution < 1.29 is 4.42 Å². The van der Waals surface area contributed by atoms with E-state index in [2.05, 4.69) is 191 Å². The minimum atomic E-state index is 0.884. The Morgan fingerprint density at radius 2 is 0.909 bits per heavy atom. The molecule has 0 aliphatic carbocycles. The van der Waals surface area contributed by atoms with Gasteiger partial charge in [-0.1, -0.05) is 133 Å². The Kier molecular flexibility index (Phi) is 6.34. The minimum absolute atomic E-state index is 0.884. The zero-order valence-corrected chi connectivity index (χ0v) is 29.8. The summed E-state index contributed by atoms with van der Waals surface area (Å²) in [7, 11) is 0. The standard InChI is InChI=1S/C52H32N2O/c1-2-12-35-30-36(22-20-33(35)10-1)53(48-18-9-16-40-42-25-21-34-11-3-4-13-39(34)41(42)28-29-44(40)48)37-23-26-45-43-14-5-7-17-49(43)54(50(45)31-37)38-24-27-47-46-15-6-8-19-51(46)55-52(47)32-38/h1-32H. The molecule has 0 fully saturated rings. The lowest BCUT2D eigenvalue weighted by Gasteiger charge is -2.28. The smallest absolute Gasteiger partial charge is 0.137 e. The Morgan fingerprint density at radius 3 is 1.84 bits per heavy atom. The number of para-hydroxylation sites is 2. The maximum Gasteiger partial charge on any atom is 0.137 e. The highest BCUT2D eigenvalue weighted by Gasteiger charge is 2.21. The quantitative estimate of drug-likeness (QED) is 0.170. The molecule has 10 aromatic carbocycles. The molecule has 0 aliphatic heterocycles. The first-order valence-electron chi connectivity index (χ1n) is 18.8. The van der Waals surface area contributed by atoms with Crippen LogP contribution in [0.5, 0.6) is 0 Å². The van der Waals surface area contributed by atoms with Gasteiger partial charge in [-0.25, -0.2) is 0 Å². The molecule has 0 aliphatic rings. The van der Waals surface area contributed by atoms with Crippen molar-refractivity contribution in [1.29, 1.82) is 0 Å². The lowest BCUT2D eigenvalue weighted by molar-refractivity contribution is 0.668. The van der Waals surface area contributed by atoms with E-state index in [4.69, 9.17) is 4.42 Å². The summed E-state index contributed by atoms with van der Waals surface area (Å²) in [5.41, 5.74) is 8.47. The van der Waals surface area contributed by atoms with E-state index in [1.807, 2.05) is 12.1 Å². The van der Waals surface area contributed by atoms with E-state index in [0.29, 0.717) is 0 Å². The molecule has 0 amide bonds. The zero-order chi connectivity index (χ0) is 36.0. The molecule has 0 bridgehead atoms. The second-order valence-corrected chi connectivity index (χ2v) is 14.5. The lowest BCUT2D eigenvalue weighted by atomic mass is 9.96. The Hall–Kier alpha value is -7.36. The fourth-order valence-electron chi connectivity index (χ4n) is 9.01. The van der Waals surface area contributed by atoms with Crippen LogP contribution in [0.25, 0.3) is 92.5 Å². The summed E-state index contributed by atoms with van der Waals surface area (Å²) in [6.45, 7) is 0. The maximum absolute atomic E-state index is 6.40. The van der Waals surface area contributed by atoms with Crippen molar-refractivity contribution in [2.24, 2.45) is 0 Å². The number of fused-ring (bicyclic) bond motifs is 12. The van der Waals surface area contributed by atoms with Gasteiger partial charge in [0.25, 0.3) is 0 Å². The summed E-state index contributed by atoms with van der Waals surface area (Å²) in [6.07, 6.45) is 0. The molecular formula is C52H32N2O. The number of benzene rings is 10. The molecule has 12 rings (SSSR count). The number of furan rings is 1. The molecule has 12 aromatic rings. The van der Waals surface area contributed by atoms with Gasteiger partial charge in [-0.05, 0) is 92.3 Å². The van der Waals surface area contributed by atoms with Crippen LogP contribution in [-0.4, -0.2) is 4.57 Å². The first-order chi connectivity index (χ1) is 27.3. The normalized spacial score (nSPS) is 12.0. The minimum Gasteiger partial charge on any atom is -0.456 e. The summed E-state index contributed by atoms with van der Waals surface area (Å²) in [6, 6.07) is 70.5. The van der Waals surface area contributed by atoms with Crippen LogP contribution in [0.3, 0.4) is 0 Å². The summed E-state index contributed by atoms with van der Waals surface area (Å²) < 4.78 is 8.79. The average molecular weight is 701 g/mol. The predicted molar refractivity (Wildman–Crippen MR) is 233 cm³/mol. The van der Waals surface area contributed by atoms with Crippen LogP contribution < -0.4 is 4.90 Å². The third-order valence-corrected chi connectivity index (χ3v) is 11.5. The third-order valence-electron chi connectivity index (χ3n) is 11.5. The van der Waals surface area contributed by atoms with E-state index in [0.717, 1.165) is 55.7 Å². The van der Waals surface area contributed by atoms with Crippen molar-refractivity contribution in [3.63, 3.8) is 0 Å². The van der Waals surface area contributed by atoms with Gasteiger partial charge in [-0.3, -0.25) is 0 Å². The van der Waals surface area contributed by atoms with Gasteiger partial charge in [0.2, 0.25) is 0 Å². The molecule has 2 heterocycles. The summed E-state index contributed by atoms with van der Waals surface area (Å²) in [5.74, 6) is 0. The third kappa shape index (κ3) is 4.50. The molecule has 0 saturated carbocycles. The highest BCUT2D eigenvalue weighted by Crippen LogP contribution is 2.44. The first-order valence-corrected chi connectivity index (χ1v) is 18.8. The summed E-state index contributed by atoms with van der Waals surface area (Å²) >= 11 is 0. The molecule has 3 nitrogen and oxygen atoms in total. The van der Waals surface area contributed by atoms with Gasteiger partial charge in [-0.15, -0.1) is 0 Å². The van der Waals surface area contributed by atoms with Gasteiger partial charge in [0.05, 0.1) is 16.7 Å². The second kappa shape index (κ2) is 11.6. The topological polar surface area (TPSA) is 21.3 Å². The van der Waals surface area contributed by atoms with Crippen LogP contribution in [0, 0.1) is 0 Å². The van der Waals surface area contributed by atoms with E-state index in [1.54, 1.807) is 0 Å². The Bertz CT molecular complexity index is 3510. The van der Waals surface area contributed by atoms with Crippen LogP contribution in [-0.2, 0) is 0 Å². The molecular weight excluding hydrogens is 669 g/mol. The summed E-state index contributed by atoms with van der Waals surface area (Å²) in [4.78, 5) is 2.44. The number of nitrogens with zero attached hydrogens (tertiary/aromatic N) is 2. The van der Waals surface area contributed by atoms with Crippen molar-refractivity contribution in [2.75, 3.05) is 4.90 Å². The molecule has 55 heavy (non-hydrogen) atoms. The number of anilines is 3. The Balaban J connectivity index is 1.13. The van der Waals surface area contributed by atoms with E-state index in [9.17, 15) is 0 Å². The largest absolute Gasteiger partial charge is 0.456 e. The zero-order valence-electron chi connectivity index (χ0n) is 29.8. The SMILES string of the molecule is c1ccc2cc(N(c3ccc4c5ccccc5n(-c5ccc6c(c5)oc5ccccc56)c4c3)c3cccc4c3ccc3c5ccccc5ccc43)ccc2c1. The Morgan fingerprint density at radius 1 is 0.327 bits per heavy atom.